The molecule has 1 aliphatic rings. The van der Waals surface area contributed by atoms with E-state index >= 15 is 0 Å². The van der Waals surface area contributed by atoms with Crippen LogP contribution in [0.25, 0.3) is 0 Å². The fourth-order valence-corrected chi connectivity index (χ4v) is 3.38. The number of halogens is 1. The molecule has 1 aromatic rings. The summed E-state index contributed by atoms with van der Waals surface area (Å²) in [5.74, 6) is 1.16. The van der Waals surface area contributed by atoms with Crippen molar-refractivity contribution >= 4 is 23.4 Å². The second-order valence-electron chi connectivity index (χ2n) is 4.82. The number of nitro benzene ring substituents is 1. The van der Waals surface area contributed by atoms with Crippen molar-refractivity contribution in [3.8, 4) is 0 Å². The van der Waals surface area contributed by atoms with Crippen molar-refractivity contribution in [2.75, 3.05) is 18.1 Å². The summed E-state index contributed by atoms with van der Waals surface area (Å²) in [4.78, 5) is 22.1. The standard InChI is InChI=1S/C13H15FN2O3S/c1-8-4-10(16(18)19)5-11(12(8)14)13(17)15-6-9-2-3-20-7-9/h4-5,9H,2-3,6-7H2,1H3,(H,15,17). The first-order valence-corrected chi connectivity index (χ1v) is 7.45. The Hall–Kier alpha value is -1.63. The van der Waals surface area contributed by atoms with Crippen molar-refractivity contribution < 1.29 is 14.1 Å². The van der Waals surface area contributed by atoms with E-state index in [1.165, 1.54) is 6.92 Å². The monoisotopic (exact) mass is 298 g/mol. The van der Waals surface area contributed by atoms with Crippen LogP contribution in [0, 0.1) is 28.8 Å². The number of aryl methyl sites for hydroxylation is 1. The van der Waals surface area contributed by atoms with Crippen LogP contribution >= 0.6 is 11.8 Å². The molecule has 1 aromatic carbocycles. The van der Waals surface area contributed by atoms with Gasteiger partial charge < -0.3 is 5.32 Å². The maximum absolute atomic E-state index is 13.9. The van der Waals surface area contributed by atoms with Crippen LogP contribution in [0.5, 0.6) is 0 Å². The fourth-order valence-electron chi connectivity index (χ4n) is 2.10. The molecule has 7 heteroatoms. The van der Waals surface area contributed by atoms with Crippen molar-refractivity contribution in [1.29, 1.82) is 0 Å². The SMILES string of the molecule is Cc1cc([N+](=O)[O-])cc(C(=O)NCC2CCSC2)c1F. The Kier molecular flexibility index (Phi) is 4.59. The number of amides is 1. The van der Waals surface area contributed by atoms with Gasteiger partial charge in [-0.1, -0.05) is 0 Å². The number of non-ortho nitro benzene ring substituents is 1. The van der Waals surface area contributed by atoms with Crippen LogP contribution in [-0.4, -0.2) is 28.9 Å². The van der Waals surface area contributed by atoms with E-state index in [0.717, 1.165) is 30.1 Å². The number of thioether (sulfide) groups is 1. The molecule has 1 unspecified atom stereocenters. The zero-order chi connectivity index (χ0) is 14.7. The number of rotatable bonds is 4. The molecule has 20 heavy (non-hydrogen) atoms. The van der Waals surface area contributed by atoms with E-state index in [-0.39, 0.29) is 16.8 Å². The zero-order valence-corrected chi connectivity index (χ0v) is 11.8. The number of hydrogen-bond donors (Lipinski definition) is 1. The van der Waals surface area contributed by atoms with Crippen LogP contribution in [0.15, 0.2) is 12.1 Å². The molecule has 1 N–H and O–H groups in total. The molecule has 0 bridgehead atoms. The van der Waals surface area contributed by atoms with E-state index in [2.05, 4.69) is 5.32 Å². The lowest BCUT2D eigenvalue weighted by molar-refractivity contribution is -0.385. The van der Waals surface area contributed by atoms with Crippen molar-refractivity contribution in [1.82, 2.24) is 5.32 Å². The van der Waals surface area contributed by atoms with Gasteiger partial charge in [-0.05, 0) is 36.3 Å². The van der Waals surface area contributed by atoms with Gasteiger partial charge in [0.1, 0.15) is 5.82 Å². The highest BCUT2D eigenvalue weighted by molar-refractivity contribution is 7.99. The lowest BCUT2D eigenvalue weighted by atomic mass is 10.1. The number of nitrogens with zero attached hydrogens (tertiary/aromatic N) is 1. The van der Waals surface area contributed by atoms with Crippen LogP contribution in [0.4, 0.5) is 10.1 Å². The minimum Gasteiger partial charge on any atom is -0.352 e. The number of hydrogen-bond acceptors (Lipinski definition) is 4. The Morgan fingerprint density at radius 2 is 2.35 bits per heavy atom. The largest absolute Gasteiger partial charge is 0.352 e. The highest BCUT2D eigenvalue weighted by atomic mass is 32.2. The van der Waals surface area contributed by atoms with Crippen molar-refractivity contribution in [3.63, 3.8) is 0 Å². The molecule has 1 atom stereocenters. The summed E-state index contributed by atoms with van der Waals surface area (Å²) < 4.78 is 13.9. The van der Waals surface area contributed by atoms with Gasteiger partial charge >= 0.3 is 0 Å². The molecule has 0 saturated carbocycles. The zero-order valence-electron chi connectivity index (χ0n) is 11.0. The van der Waals surface area contributed by atoms with Gasteiger partial charge in [-0.15, -0.1) is 0 Å². The van der Waals surface area contributed by atoms with Crippen LogP contribution in [0.3, 0.4) is 0 Å². The van der Waals surface area contributed by atoms with Gasteiger partial charge in [0.05, 0.1) is 10.5 Å². The molecule has 1 aliphatic heterocycles. The van der Waals surface area contributed by atoms with Gasteiger partial charge in [-0.3, -0.25) is 14.9 Å². The third-order valence-electron chi connectivity index (χ3n) is 3.27. The van der Waals surface area contributed by atoms with Crippen LogP contribution in [-0.2, 0) is 0 Å². The molecule has 2 rings (SSSR count). The Morgan fingerprint density at radius 1 is 1.60 bits per heavy atom. The number of benzene rings is 1. The number of nitro groups is 1. The fraction of sp³-hybridized carbons (Fsp3) is 0.462. The summed E-state index contributed by atoms with van der Waals surface area (Å²) in [6.07, 6.45) is 1.03. The minimum atomic E-state index is -0.700. The third-order valence-corrected chi connectivity index (χ3v) is 4.50. The van der Waals surface area contributed by atoms with Gasteiger partial charge in [0.25, 0.3) is 11.6 Å². The predicted molar refractivity (Wildman–Crippen MR) is 75.6 cm³/mol. The Balaban J connectivity index is 2.13. The summed E-state index contributed by atoms with van der Waals surface area (Å²) in [6.45, 7) is 1.89. The second kappa shape index (κ2) is 6.21. The lowest BCUT2D eigenvalue weighted by Gasteiger charge is -2.11. The molecule has 0 aliphatic carbocycles. The van der Waals surface area contributed by atoms with Crippen molar-refractivity contribution in [2.24, 2.45) is 5.92 Å². The first-order chi connectivity index (χ1) is 9.49. The van der Waals surface area contributed by atoms with Crippen LogP contribution in [0.1, 0.15) is 22.3 Å². The predicted octanol–water partition coefficient (Wildman–Crippen LogP) is 2.53. The van der Waals surface area contributed by atoms with Gasteiger partial charge in [-0.2, -0.15) is 11.8 Å². The molecule has 0 spiro atoms. The highest BCUT2D eigenvalue weighted by Gasteiger charge is 2.21. The normalized spacial score (nSPS) is 18.0. The molecular weight excluding hydrogens is 283 g/mol. The van der Waals surface area contributed by atoms with Gasteiger partial charge in [0.15, 0.2) is 0 Å². The molecule has 0 radical (unpaired) electrons. The lowest BCUT2D eigenvalue weighted by Crippen LogP contribution is -2.30. The first kappa shape index (κ1) is 14.8. The smallest absolute Gasteiger partial charge is 0.270 e. The van der Waals surface area contributed by atoms with Gasteiger partial charge in [-0.25, -0.2) is 4.39 Å². The summed E-state index contributed by atoms with van der Waals surface area (Å²) >= 11 is 1.83. The number of carbonyl (C=O) groups excluding carboxylic acids is 1. The molecule has 1 saturated heterocycles. The molecular formula is C13H15FN2O3S. The van der Waals surface area contributed by atoms with E-state index in [0.29, 0.717) is 12.5 Å². The molecule has 1 heterocycles. The first-order valence-electron chi connectivity index (χ1n) is 6.29. The topological polar surface area (TPSA) is 72.2 Å². The maximum atomic E-state index is 13.9. The van der Waals surface area contributed by atoms with Crippen molar-refractivity contribution in [2.45, 2.75) is 13.3 Å². The van der Waals surface area contributed by atoms with E-state index in [9.17, 15) is 19.3 Å². The van der Waals surface area contributed by atoms with E-state index in [1.54, 1.807) is 0 Å². The molecule has 1 amide bonds. The van der Waals surface area contributed by atoms with Crippen molar-refractivity contribution in [3.05, 3.63) is 39.2 Å². The summed E-state index contributed by atoms with van der Waals surface area (Å²) in [5, 5.41) is 13.4. The molecule has 0 aromatic heterocycles. The van der Waals surface area contributed by atoms with Gasteiger partial charge in [0, 0.05) is 18.7 Å². The Morgan fingerprint density at radius 3 is 2.95 bits per heavy atom. The maximum Gasteiger partial charge on any atom is 0.270 e. The van der Waals surface area contributed by atoms with E-state index in [1.807, 2.05) is 11.8 Å². The summed E-state index contributed by atoms with van der Waals surface area (Å²) in [7, 11) is 0. The summed E-state index contributed by atoms with van der Waals surface area (Å²) in [6, 6.07) is 2.11. The van der Waals surface area contributed by atoms with E-state index < -0.39 is 16.6 Å². The Bertz CT molecular complexity index is 545. The second-order valence-corrected chi connectivity index (χ2v) is 5.97. The molecule has 5 nitrogen and oxygen atoms in total. The third kappa shape index (κ3) is 3.27. The Labute approximate surface area is 120 Å². The average molecular weight is 298 g/mol. The molecule has 108 valence electrons. The molecule has 1 fully saturated rings. The van der Waals surface area contributed by atoms with Gasteiger partial charge in [0.2, 0.25) is 0 Å². The van der Waals surface area contributed by atoms with Crippen LogP contribution in [0.2, 0.25) is 0 Å². The number of carbonyl (C=O) groups is 1. The van der Waals surface area contributed by atoms with Crippen LogP contribution < -0.4 is 5.32 Å². The quantitative estimate of drug-likeness (QED) is 0.685. The number of nitrogens with one attached hydrogen (secondary N) is 1. The summed E-state index contributed by atoms with van der Waals surface area (Å²) in [5.41, 5.74) is -0.436. The highest BCUT2D eigenvalue weighted by Crippen LogP contribution is 2.23. The average Bonchev–Trinajstić information content (AvgIpc) is 2.92. The minimum absolute atomic E-state index is 0.0979. The van der Waals surface area contributed by atoms with E-state index in [4.69, 9.17) is 0 Å².